The fourth-order valence-corrected chi connectivity index (χ4v) is 3.76. The second-order valence-electron chi connectivity index (χ2n) is 7.09. The molecule has 0 aliphatic carbocycles. The summed E-state index contributed by atoms with van der Waals surface area (Å²) < 4.78 is 16.0. The van der Waals surface area contributed by atoms with Gasteiger partial charge in [-0.15, -0.1) is 12.4 Å². The Labute approximate surface area is 170 Å². The van der Waals surface area contributed by atoms with E-state index in [4.69, 9.17) is 16.0 Å². The zero-order chi connectivity index (χ0) is 19.0. The summed E-state index contributed by atoms with van der Waals surface area (Å²) >= 11 is 0. The van der Waals surface area contributed by atoms with Gasteiger partial charge in [0.1, 0.15) is 6.17 Å². The number of rotatable bonds is 3. The molecule has 5 nitrogen and oxygen atoms in total. The van der Waals surface area contributed by atoms with Crippen molar-refractivity contribution in [2.45, 2.75) is 31.6 Å². The molecule has 28 heavy (non-hydrogen) atoms. The Balaban J connectivity index is 0.00000225. The lowest BCUT2D eigenvalue weighted by molar-refractivity contribution is 0.243. The van der Waals surface area contributed by atoms with E-state index in [-0.39, 0.29) is 18.4 Å². The van der Waals surface area contributed by atoms with Gasteiger partial charge in [0.05, 0.1) is 34.7 Å². The van der Waals surface area contributed by atoms with E-state index in [9.17, 15) is 4.39 Å². The third-order valence-corrected chi connectivity index (χ3v) is 5.34. The number of aromatic nitrogens is 2. The van der Waals surface area contributed by atoms with Gasteiger partial charge in [0.2, 0.25) is 5.95 Å². The number of nitriles is 1. The third-order valence-electron chi connectivity index (χ3n) is 5.34. The maximum absolute atomic E-state index is 13.9. The molecule has 1 saturated heterocycles. The molecular formula is C21H23ClFN5. The Morgan fingerprint density at radius 1 is 1.21 bits per heavy atom. The number of hydrogen-bond donors (Lipinski definition) is 1. The van der Waals surface area contributed by atoms with Crippen LogP contribution in [0.2, 0.25) is 0 Å². The molecule has 2 N–H and O–H groups in total. The molecular weight excluding hydrogens is 377 g/mol. The van der Waals surface area contributed by atoms with Gasteiger partial charge < -0.3 is 15.2 Å². The Morgan fingerprint density at radius 3 is 2.61 bits per heavy atom. The maximum atomic E-state index is 13.9. The van der Waals surface area contributed by atoms with Crippen LogP contribution >= 0.6 is 12.4 Å². The molecule has 4 rings (SSSR count). The first-order valence-electron chi connectivity index (χ1n) is 9.20. The van der Waals surface area contributed by atoms with Crippen molar-refractivity contribution in [3.05, 3.63) is 59.7 Å². The van der Waals surface area contributed by atoms with Crippen LogP contribution in [0.3, 0.4) is 0 Å². The third kappa shape index (κ3) is 3.56. The average molecular weight is 400 g/mol. The van der Waals surface area contributed by atoms with Gasteiger partial charge in [-0.05, 0) is 43.2 Å². The molecule has 7 heteroatoms. The van der Waals surface area contributed by atoms with Gasteiger partial charge in [-0.1, -0.05) is 24.3 Å². The minimum Gasteiger partial charge on any atom is -0.340 e. The molecule has 1 fully saturated rings. The molecule has 3 atom stereocenters. The summed E-state index contributed by atoms with van der Waals surface area (Å²) in [6, 6.07) is 17.3. The van der Waals surface area contributed by atoms with E-state index in [1.807, 2.05) is 48.5 Å². The second-order valence-corrected chi connectivity index (χ2v) is 7.09. The first-order valence-corrected chi connectivity index (χ1v) is 9.20. The summed E-state index contributed by atoms with van der Waals surface area (Å²) in [5.41, 5.74) is 9.64. The van der Waals surface area contributed by atoms with Gasteiger partial charge in [0.15, 0.2) is 0 Å². The van der Waals surface area contributed by atoms with Crippen LogP contribution in [-0.4, -0.2) is 34.9 Å². The Bertz CT molecular complexity index is 994. The van der Waals surface area contributed by atoms with Crippen LogP contribution in [0.5, 0.6) is 0 Å². The molecule has 0 bridgehead atoms. The van der Waals surface area contributed by atoms with Crippen LogP contribution in [0, 0.1) is 11.3 Å². The first-order chi connectivity index (χ1) is 13.1. The highest BCUT2D eigenvalue weighted by Gasteiger charge is 2.30. The fourth-order valence-electron chi connectivity index (χ4n) is 3.76. The van der Waals surface area contributed by atoms with Crippen LogP contribution in [0.1, 0.15) is 30.5 Å². The van der Waals surface area contributed by atoms with Crippen LogP contribution in [0.15, 0.2) is 48.5 Å². The maximum Gasteiger partial charge on any atom is 0.207 e. The lowest BCUT2D eigenvalue weighted by atomic mass is 10.0. The molecule has 1 aliphatic heterocycles. The largest absolute Gasteiger partial charge is 0.340 e. The first kappa shape index (κ1) is 20.1. The quantitative estimate of drug-likeness (QED) is 0.726. The number of imidazole rings is 1. The Morgan fingerprint density at radius 2 is 1.93 bits per heavy atom. The van der Waals surface area contributed by atoms with Crippen molar-refractivity contribution >= 4 is 29.4 Å². The molecule has 0 saturated carbocycles. The summed E-state index contributed by atoms with van der Waals surface area (Å²) in [5.74, 6) is 0.815. The number of alkyl halides is 1. The number of fused-ring (bicyclic) bond motifs is 1. The van der Waals surface area contributed by atoms with Crippen molar-refractivity contribution in [2.24, 2.45) is 5.73 Å². The highest BCUT2D eigenvalue weighted by Crippen LogP contribution is 2.32. The number of hydrogen-bond acceptors (Lipinski definition) is 4. The molecule has 1 aromatic heterocycles. The van der Waals surface area contributed by atoms with E-state index in [1.165, 1.54) is 0 Å². The minimum atomic E-state index is -0.963. The van der Waals surface area contributed by atoms with Gasteiger partial charge in [-0.25, -0.2) is 9.37 Å². The van der Waals surface area contributed by atoms with E-state index in [2.05, 4.69) is 22.5 Å². The van der Waals surface area contributed by atoms with Gasteiger partial charge in [-0.3, -0.25) is 0 Å². The van der Waals surface area contributed by atoms with Gasteiger partial charge in [-0.2, -0.15) is 5.26 Å². The number of benzene rings is 2. The number of halogens is 2. The number of piperidine rings is 1. The smallest absolute Gasteiger partial charge is 0.207 e. The number of nitrogens with two attached hydrogens (primary N) is 1. The summed E-state index contributed by atoms with van der Waals surface area (Å²) in [6.07, 6.45) is -0.551. The number of para-hydroxylation sites is 2. The average Bonchev–Trinajstić information content (AvgIpc) is 3.09. The predicted molar refractivity (Wildman–Crippen MR) is 112 cm³/mol. The lowest BCUT2D eigenvalue weighted by Crippen LogP contribution is -2.50. The normalized spacial score (nSPS) is 20.4. The molecule has 3 aromatic rings. The minimum absolute atomic E-state index is 0. The molecule has 2 heterocycles. The van der Waals surface area contributed by atoms with Crippen molar-refractivity contribution in [1.82, 2.24) is 9.55 Å². The molecule has 0 amide bonds. The highest BCUT2D eigenvalue weighted by atomic mass is 35.5. The Hall–Kier alpha value is -2.62. The van der Waals surface area contributed by atoms with E-state index in [0.717, 1.165) is 22.5 Å². The van der Waals surface area contributed by atoms with Crippen LogP contribution in [-0.2, 0) is 0 Å². The van der Waals surface area contributed by atoms with Crippen molar-refractivity contribution in [3.8, 4) is 6.07 Å². The number of anilines is 1. The van der Waals surface area contributed by atoms with Crippen LogP contribution < -0.4 is 10.6 Å². The highest BCUT2D eigenvalue weighted by molar-refractivity contribution is 5.85. The zero-order valence-corrected chi connectivity index (χ0v) is 16.4. The second kappa shape index (κ2) is 8.17. The summed E-state index contributed by atoms with van der Waals surface area (Å²) in [6.45, 7) is 3.16. The molecule has 1 unspecified atom stereocenters. The van der Waals surface area contributed by atoms with Crippen molar-refractivity contribution in [2.75, 3.05) is 18.0 Å². The fraction of sp³-hybridized carbons (Fsp3) is 0.333. The monoisotopic (exact) mass is 399 g/mol. The van der Waals surface area contributed by atoms with Gasteiger partial charge in [0, 0.05) is 13.1 Å². The number of nitrogens with zero attached hydrogens (tertiary/aromatic N) is 4. The van der Waals surface area contributed by atoms with E-state index in [1.54, 1.807) is 0 Å². The van der Waals surface area contributed by atoms with E-state index in [0.29, 0.717) is 25.1 Å². The summed E-state index contributed by atoms with van der Waals surface area (Å²) in [4.78, 5) is 6.92. The van der Waals surface area contributed by atoms with Crippen LogP contribution in [0.25, 0.3) is 11.0 Å². The van der Waals surface area contributed by atoms with Crippen molar-refractivity contribution in [3.63, 3.8) is 0 Å². The van der Waals surface area contributed by atoms with E-state index < -0.39 is 12.2 Å². The standard InChI is InChI=1S/C21H22FN5.ClH/c1-14(16-8-6-15(12-23)7-9-16)27-20-5-3-2-4-19(20)25-21(27)26-11-10-17(22)18(24)13-26;/h2-9,14,17-18H,10-11,13,24H2,1H3;1H/t14?,17-,18-;/m1./s1. The van der Waals surface area contributed by atoms with E-state index >= 15 is 0 Å². The summed E-state index contributed by atoms with van der Waals surface area (Å²) in [7, 11) is 0. The predicted octanol–water partition coefficient (Wildman–Crippen LogP) is 3.81. The topological polar surface area (TPSA) is 70.9 Å². The molecule has 146 valence electrons. The van der Waals surface area contributed by atoms with Gasteiger partial charge >= 0.3 is 0 Å². The molecule has 0 spiro atoms. The molecule has 2 aromatic carbocycles. The van der Waals surface area contributed by atoms with Crippen molar-refractivity contribution in [1.29, 1.82) is 5.26 Å². The van der Waals surface area contributed by atoms with Gasteiger partial charge in [0.25, 0.3) is 0 Å². The SMILES string of the molecule is CC(c1ccc(C#N)cc1)n1c(N2CC[C@@H](F)[C@H](N)C2)nc2ccccc21.Cl. The van der Waals surface area contributed by atoms with Crippen molar-refractivity contribution < 1.29 is 4.39 Å². The lowest BCUT2D eigenvalue weighted by Gasteiger charge is -2.35. The zero-order valence-electron chi connectivity index (χ0n) is 15.6. The molecule has 0 radical (unpaired) electrons. The molecule has 1 aliphatic rings. The summed E-state index contributed by atoms with van der Waals surface area (Å²) in [5, 5.41) is 9.04. The van der Waals surface area contributed by atoms with Crippen LogP contribution in [0.4, 0.5) is 10.3 Å². The Kier molecular flexibility index (Phi) is 5.87.